The molecule has 4 rings (SSSR count). The van der Waals surface area contributed by atoms with Gasteiger partial charge in [0.25, 0.3) is 0 Å². The molecule has 3 heteroatoms. The third kappa shape index (κ3) is 3.17. The predicted molar refractivity (Wildman–Crippen MR) is 121 cm³/mol. The van der Waals surface area contributed by atoms with E-state index in [1.807, 2.05) is 13.8 Å². The van der Waals surface area contributed by atoms with Gasteiger partial charge < -0.3 is 10.2 Å². The van der Waals surface area contributed by atoms with Gasteiger partial charge in [-0.25, -0.2) is 0 Å². The van der Waals surface area contributed by atoms with Gasteiger partial charge in [0.1, 0.15) is 5.78 Å². The minimum atomic E-state index is 0.0264. The Labute approximate surface area is 183 Å². The number of hydrogen-bond donors (Lipinski definition) is 2. The molecule has 0 bridgehead atoms. The lowest BCUT2D eigenvalue weighted by Gasteiger charge is -2.55. The lowest BCUT2D eigenvalue weighted by atomic mass is 9.49. The quantitative estimate of drug-likeness (QED) is 0.496. The Morgan fingerprint density at radius 1 is 1.00 bits per heavy atom. The summed E-state index contributed by atoms with van der Waals surface area (Å²) in [5, 5.41) is 22.2. The maximum absolute atomic E-state index is 12.2. The van der Waals surface area contributed by atoms with Crippen LogP contribution in [0.5, 0.6) is 0 Å². The zero-order valence-electron chi connectivity index (χ0n) is 19.8. The van der Waals surface area contributed by atoms with Crippen LogP contribution in [-0.4, -0.2) is 16.0 Å². The van der Waals surface area contributed by atoms with Crippen molar-refractivity contribution in [2.24, 2.45) is 40.4 Å². The van der Waals surface area contributed by atoms with Gasteiger partial charge in [-0.15, -0.1) is 0 Å². The average molecular weight is 415 g/mol. The number of ketones is 1. The molecule has 6 atom stereocenters. The Bertz CT molecular complexity index is 775. The molecule has 0 heterocycles. The number of carbonyl (C=O) groups excluding carboxylic acids is 1. The van der Waals surface area contributed by atoms with Crippen molar-refractivity contribution in [3.8, 4) is 0 Å². The topological polar surface area (TPSA) is 57.5 Å². The second-order valence-electron chi connectivity index (χ2n) is 11.7. The first kappa shape index (κ1) is 22.0. The van der Waals surface area contributed by atoms with Gasteiger partial charge in [-0.1, -0.05) is 41.0 Å². The third-order valence-electron chi connectivity index (χ3n) is 9.92. The Kier molecular flexibility index (Phi) is 5.64. The van der Waals surface area contributed by atoms with E-state index in [0.717, 1.165) is 44.1 Å². The van der Waals surface area contributed by atoms with Gasteiger partial charge in [-0.3, -0.25) is 4.79 Å². The smallest absolute Gasteiger partial charge is 0.157 e. The van der Waals surface area contributed by atoms with Gasteiger partial charge in [0, 0.05) is 12.3 Å². The van der Waals surface area contributed by atoms with Crippen LogP contribution in [0.2, 0.25) is 0 Å². The van der Waals surface area contributed by atoms with Gasteiger partial charge in [-0.05, 0) is 97.0 Å². The molecule has 0 saturated heterocycles. The standard InChI is InChI=1S/C27H42O3/c1-16(2)22(28)12-9-17(3)18-10-11-19-23-20(13-15-27(18,19)5)26(4)14-7-6-8-21(26)24(29)25(23)30/h16-20,29-30H,6-15H2,1-5H3/t17-,18-,19+,20+,26-,27-/m1/s1. The van der Waals surface area contributed by atoms with E-state index in [1.54, 1.807) is 0 Å². The second kappa shape index (κ2) is 7.71. The SMILES string of the molecule is CC(C)C(=O)CC[C@@H](C)[C@H]1CC[C@H]2C3=C(O)C(O)=C4CCCC[C@]4(C)[C@H]3CC[C@]12C. The Balaban J connectivity index is 1.61. The van der Waals surface area contributed by atoms with E-state index in [2.05, 4.69) is 20.8 Å². The van der Waals surface area contributed by atoms with E-state index in [0.29, 0.717) is 35.9 Å². The molecule has 0 aromatic carbocycles. The first-order chi connectivity index (χ1) is 14.1. The molecule has 0 amide bonds. The van der Waals surface area contributed by atoms with Crippen LogP contribution < -0.4 is 0 Å². The molecule has 0 spiro atoms. The first-order valence-electron chi connectivity index (χ1n) is 12.5. The van der Waals surface area contributed by atoms with E-state index in [1.165, 1.54) is 24.8 Å². The van der Waals surface area contributed by atoms with Crippen LogP contribution in [0.3, 0.4) is 0 Å². The van der Waals surface area contributed by atoms with E-state index in [-0.39, 0.29) is 28.3 Å². The molecule has 2 N–H and O–H groups in total. The predicted octanol–water partition coefficient (Wildman–Crippen LogP) is 7.29. The van der Waals surface area contributed by atoms with Crippen LogP contribution in [0.4, 0.5) is 0 Å². The van der Waals surface area contributed by atoms with E-state index in [4.69, 9.17) is 0 Å². The van der Waals surface area contributed by atoms with Crippen molar-refractivity contribution in [2.75, 3.05) is 0 Å². The van der Waals surface area contributed by atoms with Crippen molar-refractivity contribution in [3.63, 3.8) is 0 Å². The van der Waals surface area contributed by atoms with Crippen molar-refractivity contribution in [2.45, 2.75) is 98.8 Å². The number of aliphatic hydroxyl groups is 2. The van der Waals surface area contributed by atoms with Crippen LogP contribution in [-0.2, 0) is 4.79 Å². The molecule has 0 unspecified atom stereocenters. The van der Waals surface area contributed by atoms with Crippen molar-refractivity contribution >= 4 is 5.78 Å². The van der Waals surface area contributed by atoms with E-state index in [9.17, 15) is 15.0 Å². The molecule has 0 aromatic heterocycles. The van der Waals surface area contributed by atoms with Crippen molar-refractivity contribution in [3.05, 3.63) is 22.7 Å². The lowest BCUT2D eigenvalue weighted by molar-refractivity contribution is -0.122. The fourth-order valence-electron chi connectivity index (χ4n) is 8.06. The van der Waals surface area contributed by atoms with Crippen LogP contribution in [0.25, 0.3) is 0 Å². The second-order valence-corrected chi connectivity index (χ2v) is 11.7. The molecule has 3 fully saturated rings. The number of aliphatic hydroxyl groups excluding tert-OH is 2. The summed E-state index contributed by atoms with van der Waals surface area (Å²) >= 11 is 0. The molecule has 0 radical (unpaired) electrons. The monoisotopic (exact) mass is 414 g/mol. The highest BCUT2D eigenvalue weighted by atomic mass is 16.3. The fourth-order valence-corrected chi connectivity index (χ4v) is 8.06. The molecule has 3 nitrogen and oxygen atoms in total. The van der Waals surface area contributed by atoms with Crippen molar-refractivity contribution < 1.29 is 15.0 Å². The summed E-state index contributed by atoms with van der Waals surface area (Å²) in [7, 11) is 0. The maximum Gasteiger partial charge on any atom is 0.157 e. The van der Waals surface area contributed by atoms with E-state index < -0.39 is 0 Å². The summed E-state index contributed by atoms with van der Waals surface area (Å²) in [6.07, 6.45) is 10.7. The molecule has 30 heavy (non-hydrogen) atoms. The van der Waals surface area contributed by atoms with Crippen LogP contribution >= 0.6 is 0 Å². The minimum Gasteiger partial charge on any atom is -0.504 e. The number of rotatable bonds is 5. The normalized spacial score (nSPS) is 39.6. The molecule has 168 valence electrons. The van der Waals surface area contributed by atoms with Crippen molar-refractivity contribution in [1.82, 2.24) is 0 Å². The molecular formula is C27H42O3. The van der Waals surface area contributed by atoms with Gasteiger partial charge in [0.15, 0.2) is 11.5 Å². The summed E-state index contributed by atoms with van der Waals surface area (Å²) in [6.45, 7) is 11.1. The largest absolute Gasteiger partial charge is 0.504 e. The maximum atomic E-state index is 12.2. The highest BCUT2D eigenvalue weighted by Crippen LogP contribution is 2.67. The van der Waals surface area contributed by atoms with Gasteiger partial charge >= 0.3 is 0 Å². The summed E-state index contributed by atoms with van der Waals surface area (Å²) in [5.41, 5.74) is 2.50. The Morgan fingerprint density at radius 3 is 2.43 bits per heavy atom. The van der Waals surface area contributed by atoms with Crippen molar-refractivity contribution in [1.29, 1.82) is 0 Å². The summed E-state index contributed by atoms with van der Waals surface area (Å²) in [5.74, 6) is 2.83. The molecule has 3 saturated carbocycles. The zero-order chi connectivity index (χ0) is 21.8. The number of Topliss-reactive ketones (excluding diaryl/α,β-unsaturated/α-hetero) is 1. The summed E-state index contributed by atoms with van der Waals surface area (Å²) in [4.78, 5) is 12.2. The van der Waals surface area contributed by atoms with Gasteiger partial charge in [0.2, 0.25) is 0 Å². The number of carbonyl (C=O) groups is 1. The molecule has 0 aromatic rings. The van der Waals surface area contributed by atoms with Crippen LogP contribution in [0.1, 0.15) is 98.8 Å². The minimum absolute atomic E-state index is 0.0264. The fraction of sp³-hybridized carbons (Fsp3) is 0.815. The lowest BCUT2D eigenvalue weighted by Crippen LogP contribution is -2.47. The number of hydrogen-bond acceptors (Lipinski definition) is 3. The highest BCUT2D eigenvalue weighted by molar-refractivity contribution is 5.80. The van der Waals surface area contributed by atoms with Crippen LogP contribution in [0.15, 0.2) is 22.7 Å². The number of allylic oxidation sites excluding steroid dienone is 2. The zero-order valence-corrected chi connectivity index (χ0v) is 19.8. The van der Waals surface area contributed by atoms with E-state index >= 15 is 0 Å². The molecule has 4 aliphatic rings. The Hall–Kier alpha value is -1.25. The Morgan fingerprint density at radius 2 is 1.73 bits per heavy atom. The summed E-state index contributed by atoms with van der Waals surface area (Å²) in [6, 6.07) is 0. The third-order valence-corrected chi connectivity index (χ3v) is 9.92. The molecule has 4 aliphatic carbocycles. The average Bonchev–Trinajstić information content (AvgIpc) is 3.06. The highest BCUT2D eigenvalue weighted by Gasteiger charge is 2.59. The first-order valence-corrected chi connectivity index (χ1v) is 12.5. The van der Waals surface area contributed by atoms with Gasteiger partial charge in [-0.2, -0.15) is 0 Å². The molecular weight excluding hydrogens is 372 g/mol. The summed E-state index contributed by atoms with van der Waals surface area (Å²) < 4.78 is 0. The van der Waals surface area contributed by atoms with Gasteiger partial charge in [0.05, 0.1) is 0 Å². The van der Waals surface area contributed by atoms with Crippen LogP contribution in [0, 0.1) is 40.4 Å². The number of fused-ring (bicyclic) bond motifs is 5. The molecule has 0 aliphatic heterocycles.